The molecule has 1 unspecified atom stereocenters. The predicted octanol–water partition coefficient (Wildman–Crippen LogP) is 4.80. The van der Waals surface area contributed by atoms with E-state index in [1.165, 1.54) is 16.9 Å². The van der Waals surface area contributed by atoms with Gasteiger partial charge in [0, 0.05) is 12.6 Å². The molecule has 2 heterocycles. The summed E-state index contributed by atoms with van der Waals surface area (Å²) in [5.74, 6) is 0.968. The van der Waals surface area contributed by atoms with Gasteiger partial charge in [-0.25, -0.2) is 4.98 Å². The summed E-state index contributed by atoms with van der Waals surface area (Å²) in [7, 11) is 0. The first-order valence-corrected chi connectivity index (χ1v) is 8.99. The topological polar surface area (TPSA) is 81.1 Å². The molecule has 0 aliphatic rings. The van der Waals surface area contributed by atoms with Gasteiger partial charge in [-0.3, -0.25) is 4.79 Å². The lowest BCUT2D eigenvalue weighted by molar-refractivity contribution is 0.0955. The Balaban J connectivity index is 0.00000182. The summed E-state index contributed by atoms with van der Waals surface area (Å²) >= 11 is 1.29. The molecule has 8 heteroatoms. The van der Waals surface area contributed by atoms with Crippen molar-refractivity contribution in [3.05, 3.63) is 64.9 Å². The van der Waals surface area contributed by atoms with Crippen molar-refractivity contribution < 1.29 is 9.21 Å². The molecule has 3 rings (SSSR count). The largest absolute Gasteiger partial charge is 0.462 e. The normalized spacial score (nSPS) is 11.4. The molecule has 0 spiro atoms. The first kappa shape index (κ1) is 23.2. The van der Waals surface area contributed by atoms with Gasteiger partial charge in [-0.05, 0) is 29.2 Å². The zero-order valence-electron chi connectivity index (χ0n) is 15.0. The second-order valence-electron chi connectivity index (χ2n) is 6.14. The molecule has 3 N–H and O–H groups in total. The van der Waals surface area contributed by atoms with Gasteiger partial charge in [-0.2, -0.15) is 0 Å². The lowest BCUT2D eigenvalue weighted by Crippen LogP contribution is -2.31. The quantitative estimate of drug-likeness (QED) is 0.591. The Morgan fingerprint density at radius 2 is 1.85 bits per heavy atom. The fourth-order valence-electron chi connectivity index (χ4n) is 2.43. The highest BCUT2D eigenvalue weighted by atomic mass is 35.5. The van der Waals surface area contributed by atoms with Gasteiger partial charge in [0.1, 0.15) is 4.88 Å². The third-order valence-electron chi connectivity index (χ3n) is 3.98. The van der Waals surface area contributed by atoms with E-state index in [0.717, 1.165) is 5.56 Å². The summed E-state index contributed by atoms with van der Waals surface area (Å²) in [6.07, 6.45) is 3.14. The number of hydrogen-bond acceptors (Lipinski definition) is 5. The summed E-state index contributed by atoms with van der Waals surface area (Å²) in [6.45, 7) is 4.68. The Morgan fingerprint density at radius 1 is 1.19 bits per heavy atom. The number of carbonyl (C=O) groups excluding carboxylic acids is 1. The van der Waals surface area contributed by atoms with Crippen molar-refractivity contribution >= 4 is 42.1 Å². The molecule has 146 valence electrons. The minimum absolute atomic E-state index is 0. The third kappa shape index (κ3) is 5.81. The summed E-state index contributed by atoms with van der Waals surface area (Å²) in [4.78, 5) is 17.0. The molecule has 0 aliphatic carbocycles. The number of hydrogen-bond donors (Lipinski definition) is 2. The van der Waals surface area contributed by atoms with Gasteiger partial charge < -0.3 is 15.5 Å². The van der Waals surface area contributed by atoms with Crippen LogP contribution in [-0.2, 0) is 0 Å². The Labute approximate surface area is 175 Å². The number of rotatable bonds is 6. The lowest BCUT2D eigenvalue weighted by Gasteiger charge is -2.14. The number of thiazole rings is 1. The fraction of sp³-hybridized carbons (Fsp3) is 0.263. The standard InChI is InChI=1S/C19H21N3O2S.2ClH/c1-12(2)13-5-7-14(8-6-13)15(20)10-21-18(23)17-11-22-19(25-17)16-4-3-9-24-16;;/h3-9,11-12,15H,10,20H2,1-2H3,(H,21,23);2*1H. The van der Waals surface area contributed by atoms with Crippen LogP contribution in [0.25, 0.3) is 10.8 Å². The Morgan fingerprint density at radius 3 is 2.44 bits per heavy atom. The number of benzene rings is 1. The van der Waals surface area contributed by atoms with Crippen LogP contribution in [0, 0.1) is 0 Å². The number of halogens is 2. The van der Waals surface area contributed by atoms with Crippen molar-refractivity contribution in [2.45, 2.75) is 25.8 Å². The van der Waals surface area contributed by atoms with E-state index in [1.54, 1.807) is 18.5 Å². The van der Waals surface area contributed by atoms with Gasteiger partial charge in [-0.1, -0.05) is 38.1 Å². The van der Waals surface area contributed by atoms with Crippen molar-refractivity contribution in [1.29, 1.82) is 0 Å². The first-order valence-electron chi connectivity index (χ1n) is 8.18. The van der Waals surface area contributed by atoms with Crippen LogP contribution in [0.3, 0.4) is 0 Å². The zero-order chi connectivity index (χ0) is 17.8. The van der Waals surface area contributed by atoms with Gasteiger partial charge in [0.05, 0.1) is 12.5 Å². The van der Waals surface area contributed by atoms with Crippen molar-refractivity contribution in [2.75, 3.05) is 6.54 Å². The number of aromatic nitrogens is 1. The number of carbonyl (C=O) groups is 1. The average molecular weight is 428 g/mol. The van der Waals surface area contributed by atoms with Crippen LogP contribution in [0.15, 0.2) is 53.3 Å². The van der Waals surface area contributed by atoms with E-state index < -0.39 is 0 Å². The van der Waals surface area contributed by atoms with Crippen LogP contribution in [0.5, 0.6) is 0 Å². The van der Waals surface area contributed by atoms with Crippen molar-refractivity contribution in [3.63, 3.8) is 0 Å². The summed E-state index contributed by atoms with van der Waals surface area (Å²) in [5.41, 5.74) is 8.47. The molecule has 0 aliphatic heterocycles. The van der Waals surface area contributed by atoms with Crippen LogP contribution in [0.4, 0.5) is 0 Å². The minimum atomic E-state index is -0.248. The van der Waals surface area contributed by atoms with Gasteiger partial charge in [0.25, 0.3) is 5.91 Å². The van der Waals surface area contributed by atoms with Gasteiger partial charge in [0.2, 0.25) is 0 Å². The second-order valence-corrected chi connectivity index (χ2v) is 7.18. The molecule has 1 amide bonds. The van der Waals surface area contributed by atoms with Crippen LogP contribution in [0.1, 0.15) is 46.6 Å². The van der Waals surface area contributed by atoms with E-state index in [2.05, 4.69) is 36.3 Å². The molecule has 0 saturated heterocycles. The van der Waals surface area contributed by atoms with Gasteiger partial charge in [-0.15, -0.1) is 36.2 Å². The maximum Gasteiger partial charge on any atom is 0.263 e. The molecule has 5 nitrogen and oxygen atoms in total. The van der Waals surface area contributed by atoms with Gasteiger partial charge in [0.15, 0.2) is 10.8 Å². The van der Waals surface area contributed by atoms with Crippen LogP contribution < -0.4 is 11.1 Å². The molecule has 3 aromatic rings. The van der Waals surface area contributed by atoms with E-state index in [0.29, 0.717) is 28.1 Å². The molecule has 0 radical (unpaired) electrons. The molecule has 1 atom stereocenters. The van der Waals surface area contributed by atoms with E-state index in [4.69, 9.17) is 10.2 Å². The summed E-state index contributed by atoms with van der Waals surface area (Å²) < 4.78 is 5.29. The highest BCUT2D eigenvalue weighted by Crippen LogP contribution is 2.25. The second kappa shape index (κ2) is 10.5. The van der Waals surface area contributed by atoms with E-state index in [1.807, 2.05) is 18.2 Å². The van der Waals surface area contributed by atoms with Crippen molar-refractivity contribution in [1.82, 2.24) is 10.3 Å². The molecular weight excluding hydrogens is 405 g/mol. The number of nitrogens with one attached hydrogen (secondary N) is 1. The monoisotopic (exact) mass is 427 g/mol. The van der Waals surface area contributed by atoms with E-state index in [-0.39, 0.29) is 36.8 Å². The average Bonchev–Trinajstić information content (AvgIpc) is 3.30. The van der Waals surface area contributed by atoms with Gasteiger partial charge >= 0.3 is 0 Å². The Hall–Kier alpha value is -1.86. The predicted molar refractivity (Wildman–Crippen MR) is 114 cm³/mol. The fourth-order valence-corrected chi connectivity index (χ4v) is 3.23. The highest BCUT2D eigenvalue weighted by molar-refractivity contribution is 7.16. The summed E-state index contributed by atoms with van der Waals surface area (Å²) in [6, 6.07) is 11.6. The molecular formula is C19H23Cl2N3O2S. The Bertz CT molecular complexity index is 833. The van der Waals surface area contributed by atoms with E-state index >= 15 is 0 Å². The smallest absolute Gasteiger partial charge is 0.263 e. The lowest BCUT2D eigenvalue weighted by atomic mass is 9.99. The minimum Gasteiger partial charge on any atom is -0.462 e. The maximum atomic E-state index is 12.3. The molecule has 27 heavy (non-hydrogen) atoms. The molecule has 0 saturated carbocycles. The maximum absolute atomic E-state index is 12.3. The van der Waals surface area contributed by atoms with Crippen LogP contribution in [-0.4, -0.2) is 17.4 Å². The number of furan rings is 1. The SMILES string of the molecule is CC(C)c1ccc(C(N)CNC(=O)c2cnc(-c3ccco3)s2)cc1.Cl.Cl. The molecule has 1 aromatic carbocycles. The third-order valence-corrected chi connectivity index (χ3v) is 4.99. The summed E-state index contributed by atoms with van der Waals surface area (Å²) in [5, 5.41) is 3.55. The number of nitrogens with zero attached hydrogens (tertiary/aromatic N) is 1. The van der Waals surface area contributed by atoms with Crippen LogP contribution in [0.2, 0.25) is 0 Å². The van der Waals surface area contributed by atoms with Crippen LogP contribution >= 0.6 is 36.2 Å². The van der Waals surface area contributed by atoms with Crippen molar-refractivity contribution in [3.8, 4) is 10.8 Å². The Kier molecular flexibility index (Phi) is 8.99. The first-order chi connectivity index (χ1) is 12.0. The molecule has 2 aromatic heterocycles. The van der Waals surface area contributed by atoms with Crippen molar-refractivity contribution in [2.24, 2.45) is 5.73 Å². The number of nitrogens with two attached hydrogens (primary N) is 1. The zero-order valence-corrected chi connectivity index (χ0v) is 17.5. The number of amides is 1. The molecule has 0 fully saturated rings. The van der Waals surface area contributed by atoms with E-state index in [9.17, 15) is 4.79 Å². The highest BCUT2D eigenvalue weighted by Gasteiger charge is 2.14. The molecule has 0 bridgehead atoms.